The summed E-state index contributed by atoms with van der Waals surface area (Å²) in [5.74, 6) is 0. The van der Waals surface area contributed by atoms with E-state index in [1.807, 2.05) is 6.07 Å². The summed E-state index contributed by atoms with van der Waals surface area (Å²) < 4.78 is 0. The number of hydrogen-bond donors (Lipinski definition) is 0. The minimum atomic E-state index is 0.878. The summed E-state index contributed by atoms with van der Waals surface area (Å²) in [6.45, 7) is 2.14. The van der Waals surface area contributed by atoms with Crippen LogP contribution in [0.15, 0.2) is 48.5 Å². The first-order chi connectivity index (χ1) is 7.79. The maximum Gasteiger partial charge on any atom is 0.0444 e. The SMILES string of the molecule is CCc1ccc(Cc2ccccc2)c(Cl)c1. The van der Waals surface area contributed by atoms with Gasteiger partial charge in [0.05, 0.1) is 0 Å². The Kier molecular flexibility index (Phi) is 3.63. The van der Waals surface area contributed by atoms with Gasteiger partial charge in [-0.3, -0.25) is 0 Å². The number of halogens is 1. The first kappa shape index (κ1) is 11.2. The summed E-state index contributed by atoms with van der Waals surface area (Å²) in [7, 11) is 0. The van der Waals surface area contributed by atoms with Gasteiger partial charge in [0.25, 0.3) is 0 Å². The summed E-state index contributed by atoms with van der Waals surface area (Å²) in [5.41, 5.74) is 3.79. The van der Waals surface area contributed by atoms with Gasteiger partial charge in [0, 0.05) is 5.02 Å². The first-order valence-corrected chi connectivity index (χ1v) is 5.98. The monoisotopic (exact) mass is 230 g/mol. The molecule has 0 saturated heterocycles. The van der Waals surface area contributed by atoms with Crippen LogP contribution in [-0.2, 0) is 12.8 Å². The number of aryl methyl sites for hydroxylation is 1. The minimum absolute atomic E-state index is 0.878. The Balaban J connectivity index is 2.22. The fourth-order valence-electron chi connectivity index (χ4n) is 1.77. The van der Waals surface area contributed by atoms with E-state index in [1.54, 1.807) is 0 Å². The lowest BCUT2D eigenvalue weighted by molar-refractivity contribution is 1.12. The van der Waals surface area contributed by atoms with Gasteiger partial charge < -0.3 is 0 Å². The molecule has 16 heavy (non-hydrogen) atoms. The van der Waals surface area contributed by atoms with Crippen molar-refractivity contribution in [1.29, 1.82) is 0 Å². The molecule has 0 aliphatic heterocycles. The molecule has 0 heterocycles. The third-order valence-corrected chi connectivity index (χ3v) is 3.11. The predicted molar refractivity (Wildman–Crippen MR) is 70.1 cm³/mol. The highest BCUT2D eigenvalue weighted by Crippen LogP contribution is 2.21. The summed E-state index contributed by atoms with van der Waals surface area (Å²) in [4.78, 5) is 0. The normalized spacial score (nSPS) is 10.4. The number of rotatable bonds is 3. The van der Waals surface area contributed by atoms with Crippen LogP contribution in [0.2, 0.25) is 5.02 Å². The van der Waals surface area contributed by atoms with Crippen molar-refractivity contribution in [3.05, 3.63) is 70.2 Å². The quantitative estimate of drug-likeness (QED) is 0.729. The van der Waals surface area contributed by atoms with Crippen LogP contribution < -0.4 is 0 Å². The van der Waals surface area contributed by atoms with Crippen LogP contribution in [0.25, 0.3) is 0 Å². The fourth-order valence-corrected chi connectivity index (χ4v) is 2.04. The maximum atomic E-state index is 6.26. The Morgan fingerprint density at radius 3 is 2.31 bits per heavy atom. The lowest BCUT2D eigenvalue weighted by Gasteiger charge is -2.06. The molecule has 0 bridgehead atoms. The Hall–Kier alpha value is -1.27. The molecule has 2 aromatic rings. The van der Waals surface area contributed by atoms with Gasteiger partial charge in [-0.25, -0.2) is 0 Å². The molecule has 0 radical (unpaired) electrons. The highest BCUT2D eigenvalue weighted by Gasteiger charge is 2.02. The highest BCUT2D eigenvalue weighted by molar-refractivity contribution is 6.31. The second kappa shape index (κ2) is 5.18. The molecule has 0 fully saturated rings. The van der Waals surface area contributed by atoms with E-state index >= 15 is 0 Å². The molecule has 0 N–H and O–H groups in total. The third kappa shape index (κ3) is 2.65. The molecule has 0 nitrogen and oxygen atoms in total. The Labute approximate surface area is 102 Å². The van der Waals surface area contributed by atoms with E-state index in [4.69, 9.17) is 11.6 Å². The van der Waals surface area contributed by atoms with Gasteiger partial charge in [0.1, 0.15) is 0 Å². The van der Waals surface area contributed by atoms with Crippen LogP contribution in [-0.4, -0.2) is 0 Å². The molecule has 82 valence electrons. The average Bonchev–Trinajstić information content (AvgIpc) is 2.33. The molecule has 0 amide bonds. The molecule has 0 aliphatic carbocycles. The summed E-state index contributed by atoms with van der Waals surface area (Å²) >= 11 is 6.26. The van der Waals surface area contributed by atoms with Crippen molar-refractivity contribution in [1.82, 2.24) is 0 Å². The lowest BCUT2D eigenvalue weighted by atomic mass is 10.0. The standard InChI is InChI=1S/C15H15Cl/c1-2-12-8-9-14(15(16)11-12)10-13-6-4-3-5-7-13/h3-9,11H,2,10H2,1H3. The molecular weight excluding hydrogens is 216 g/mol. The van der Waals surface area contributed by atoms with E-state index in [-0.39, 0.29) is 0 Å². The Morgan fingerprint density at radius 1 is 0.938 bits per heavy atom. The van der Waals surface area contributed by atoms with Crippen molar-refractivity contribution in [2.24, 2.45) is 0 Å². The van der Waals surface area contributed by atoms with Gasteiger partial charge in [0.2, 0.25) is 0 Å². The van der Waals surface area contributed by atoms with Gasteiger partial charge in [-0.1, -0.05) is 61.0 Å². The lowest BCUT2D eigenvalue weighted by Crippen LogP contribution is -1.90. The molecule has 1 heteroatoms. The van der Waals surface area contributed by atoms with Crippen LogP contribution in [0.4, 0.5) is 0 Å². The molecule has 0 saturated carbocycles. The summed E-state index contributed by atoms with van der Waals surface area (Å²) in [5, 5.41) is 0.878. The zero-order chi connectivity index (χ0) is 11.4. The molecular formula is C15H15Cl. The van der Waals surface area contributed by atoms with Gasteiger partial charge in [-0.2, -0.15) is 0 Å². The van der Waals surface area contributed by atoms with E-state index in [0.29, 0.717) is 0 Å². The second-order valence-corrected chi connectivity index (χ2v) is 4.35. The zero-order valence-electron chi connectivity index (χ0n) is 9.41. The second-order valence-electron chi connectivity index (χ2n) is 3.94. The third-order valence-electron chi connectivity index (χ3n) is 2.76. The van der Waals surface area contributed by atoms with Crippen molar-refractivity contribution in [3.63, 3.8) is 0 Å². The minimum Gasteiger partial charge on any atom is -0.0840 e. The molecule has 2 rings (SSSR count). The van der Waals surface area contributed by atoms with Crippen molar-refractivity contribution in [3.8, 4) is 0 Å². The van der Waals surface area contributed by atoms with Crippen molar-refractivity contribution < 1.29 is 0 Å². The predicted octanol–water partition coefficient (Wildman–Crippen LogP) is 4.49. The smallest absolute Gasteiger partial charge is 0.0444 e. The van der Waals surface area contributed by atoms with Crippen LogP contribution in [0.1, 0.15) is 23.6 Å². The highest BCUT2D eigenvalue weighted by atomic mass is 35.5. The van der Waals surface area contributed by atoms with Crippen LogP contribution >= 0.6 is 11.6 Å². The molecule has 0 spiro atoms. The topological polar surface area (TPSA) is 0 Å². The molecule has 0 atom stereocenters. The number of hydrogen-bond acceptors (Lipinski definition) is 0. The summed E-state index contributed by atoms with van der Waals surface area (Å²) in [6, 6.07) is 16.8. The van der Waals surface area contributed by atoms with E-state index < -0.39 is 0 Å². The van der Waals surface area contributed by atoms with E-state index in [0.717, 1.165) is 17.9 Å². The molecule has 0 aromatic heterocycles. The van der Waals surface area contributed by atoms with Gasteiger partial charge in [-0.15, -0.1) is 0 Å². The van der Waals surface area contributed by atoms with Crippen LogP contribution in [0.5, 0.6) is 0 Å². The van der Waals surface area contributed by atoms with Crippen molar-refractivity contribution in [2.45, 2.75) is 19.8 Å². The molecule has 0 unspecified atom stereocenters. The molecule has 0 aliphatic rings. The molecule has 2 aromatic carbocycles. The first-order valence-electron chi connectivity index (χ1n) is 5.61. The van der Waals surface area contributed by atoms with E-state index in [9.17, 15) is 0 Å². The van der Waals surface area contributed by atoms with Gasteiger partial charge >= 0.3 is 0 Å². The van der Waals surface area contributed by atoms with Crippen molar-refractivity contribution >= 4 is 11.6 Å². The summed E-state index contributed by atoms with van der Waals surface area (Å²) in [6.07, 6.45) is 1.94. The largest absolute Gasteiger partial charge is 0.0840 e. The van der Waals surface area contributed by atoms with E-state index in [1.165, 1.54) is 16.7 Å². The van der Waals surface area contributed by atoms with Gasteiger partial charge in [-0.05, 0) is 35.6 Å². The van der Waals surface area contributed by atoms with E-state index in [2.05, 4.69) is 49.4 Å². The number of benzene rings is 2. The zero-order valence-corrected chi connectivity index (χ0v) is 10.2. The Morgan fingerprint density at radius 2 is 1.69 bits per heavy atom. The maximum absolute atomic E-state index is 6.26. The van der Waals surface area contributed by atoms with Gasteiger partial charge in [0.15, 0.2) is 0 Å². The average molecular weight is 231 g/mol. The van der Waals surface area contributed by atoms with Crippen LogP contribution in [0.3, 0.4) is 0 Å². The van der Waals surface area contributed by atoms with Crippen molar-refractivity contribution in [2.75, 3.05) is 0 Å². The Bertz CT molecular complexity index is 460. The fraction of sp³-hybridized carbons (Fsp3) is 0.200. The van der Waals surface area contributed by atoms with Crippen LogP contribution in [0, 0.1) is 0 Å².